The second-order valence-corrected chi connectivity index (χ2v) is 9.27. The molecule has 234 valence electrons. The van der Waals surface area contributed by atoms with Crippen LogP contribution in [0.15, 0.2) is 0 Å². The Balaban J connectivity index is 3.02. The van der Waals surface area contributed by atoms with Crippen molar-refractivity contribution in [3.8, 4) is 0 Å². The molecule has 0 fully saturated rings. The van der Waals surface area contributed by atoms with E-state index >= 15 is 0 Å². The maximum atomic E-state index is 10.3. The standard InChI is InChI=1S/C29H58O10/c1-2-3-4-5-6-7-8-9-10-11-12-13-32-14-15-33-16-17-34-18-19-35-20-21-36-22-23-37-24-25-38-26-27-39-28-29(30)31/h2-28H2,1H3,(H,30,31). The Labute approximate surface area is 237 Å². The maximum Gasteiger partial charge on any atom is 0.329 e. The van der Waals surface area contributed by atoms with Crippen molar-refractivity contribution < 1.29 is 47.8 Å². The lowest BCUT2D eigenvalue weighted by atomic mass is 10.1. The van der Waals surface area contributed by atoms with Crippen LogP contribution in [0.1, 0.15) is 77.6 Å². The molecule has 0 aliphatic carbocycles. The zero-order chi connectivity index (χ0) is 28.3. The third-order valence-corrected chi connectivity index (χ3v) is 5.72. The number of carboxylic acids is 1. The Kier molecular flexibility index (Phi) is 34.4. The number of carboxylic acid groups (broad SMARTS) is 1. The highest BCUT2D eigenvalue weighted by Gasteiger charge is 1.97. The lowest BCUT2D eigenvalue weighted by Crippen LogP contribution is -2.15. The van der Waals surface area contributed by atoms with Crippen LogP contribution in [0.4, 0.5) is 0 Å². The number of hydrogen-bond acceptors (Lipinski definition) is 9. The molecule has 0 bridgehead atoms. The van der Waals surface area contributed by atoms with E-state index in [9.17, 15) is 4.79 Å². The van der Waals surface area contributed by atoms with Crippen LogP contribution < -0.4 is 0 Å². The largest absolute Gasteiger partial charge is 0.480 e. The number of unbranched alkanes of at least 4 members (excludes halogenated alkanes) is 10. The minimum absolute atomic E-state index is 0.253. The Morgan fingerprint density at radius 2 is 0.641 bits per heavy atom. The third kappa shape index (κ3) is 37.2. The summed E-state index contributed by atoms with van der Waals surface area (Å²) >= 11 is 0. The van der Waals surface area contributed by atoms with Crippen LogP contribution in [-0.2, 0) is 42.7 Å². The predicted molar refractivity (Wildman–Crippen MR) is 151 cm³/mol. The molecular weight excluding hydrogens is 508 g/mol. The molecule has 0 unspecified atom stereocenters. The number of ether oxygens (including phenoxy) is 8. The molecule has 0 radical (unpaired) electrons. The van der Waals surface area contributed by atoms with Gasteiger partial charge in [-0.15, -0.1) is 0 Å². The Morgan fingerprint density at radius 1 is 0.385 bits per heavy atom. The van der Waals surface area contributed by atoms with Gasteiger partial charge < -0.3 is 43.0 Å². The summed E-state index contributed by atoms with van der Waals surface area (Å²) < 4.78 is 43.0. The van der Waals surface area contributed by atoms with Crippen molar-refractivity contribution in [2.24, 2.45) is 0 Å². The minimum Gasteiger partial charge on any atom is -0.480 e. The average molecular weight is 567 g/mol. The van der Waals surface area contributed by atoms with E-state index in [1.165, 1.54) is 64.2 Å². The van der Waals surface area contributed by atoms with Gasteiger partial charge in [0.1, 0.15) is 6.61 Å². The topological polar surface area (TPSA) is 111 Å². The van der Waals surface area contributed by atoms with Gasteiger partial charge in [0.15, 0.2) is 0 Å². The zero-order valence-corrected chi connectivity index (χ0v) is 24.7. The summed E-state index contributed by atoms with van der Waals surface area (Å²) in [5.74, 6) is -0.987. The molecule has 0 aromatic rings. The van der Waals surface area contributed by atoms with E-state index < -0.39 is 5.97 Å². The fraction of sp³-hybridized carbons (Fsp3) is 0.966. The number of hydrogen-bond donors (Lipinski definition) is 1. The van der Waals surface area contributed by atoms with Crippen molar-refractivity contribution in [2.45, 2.75) is 77.6 Å². The van der Waals surface area contributed by atoms with Gasteiger partial charge in [-0.25, -0.2) is 4.79 Å². The second kappa shape index (κ2) is 35.2. The normalized spacial score (nSPS) is 11.4. The molecule has 0 aliphatic rings. The monoisotopic (exact) mass is 566 g/mol. The van der Waals surface area contributed by atoms with Gasteiger partial charge >= 0.3 is 5.97 Å². The highest BCUT2D eigenvalue weighted by Crippen LogP contribution is 2.11. The van der Waals surface area contributed by atoms with Crippen LogP contribution in [0.2, 0.25) is 0 Å². The van der Waals surface area contributed by atoms with Gasteiger partial charge in [-0.3, -0.25) is 0 Å². The first-order valence-corrected chi connectivity index (χ1v) is 15.1. The second-order valence-electron chi connectivity index (χ2n) is 9.27. The first-order chi connectivity index (χ1) is 19.3. The third-order valence-electron chi connectivity index (χ3n) is 5.72. The summed E-state index contributed by atoms with van der Waals surface area (Å²) in [7, 11) is 0. The molecule has 0 heterocycles. The Morgan fingerprint density at radius 3 is 0.949 bits per heavy atom. The van der Waals surface area contributed by atoms with Crippen LogP contribution in [0.25, 0.3) is 0 Å². The van der Waals surface area contributed by atoms with Crippen LogP contribution in [0, 0.1) is 0 Å². The van der Waals surface area contributed by atoms with E-state index in [-0.39, 0.29) is 13.2 Å². The van der Waals surface area contributed by atoms with E-state index in [2.05, 4.69) is 6.92 Å². The zero-order valence-electron chi connectivity index (χ0n) is 24.7. The lowest BCUT2D eigenvalue weighted by molar-refractivity contribution is -0.142. The van der Waals surface area contributed by atoms with Crippen molar-refractivity contribution in [1.29, 1.82) is 0 Å². The van der Waals surface area contributed by atoms with Crippen LogP contribution in [-0.4, -0.2) is 117 Å². The van der Waals surface area contributed by atoms with E-state index in [4.69, 9.17) is 43.0 Å². The van der Waals surface area contributed by atoms with Gasteiger partial charge in [0.05, 0.1) is 92.5 Å². The molecule has 0 amide bonds. The van der Waals surface area contributed by atoms with E-state index in [1.807, 2.05) is 0 Å². The van der Waals surface area contributed by atoms with E-state index in [1.54, 1.807) is 0 Å². The van der Waals surface area contributed by atoms with Gasteiger partial charge in [0.2, 0.25) is 0 Å². The van der Waals surface area contributed by atoms with Gasteiger partial charge in [-0.05, 0) is 6.42 Å². The summed E-state index contributed by atoms with van der Waals surface area (Å²) in [6.45, 7) is 9.66. The molecule has 0 saturated carbocycles. The molecule has 1 N–H and O–H groups in total. The minimum atomic E-state index is -0.987. The smallest absolute Gasteiger partial charge is 0.329 e. The number of aliphatic carboxylic acids is 1. The summed E-state index contributed by atoms with van der Waals surface area (Å²) in [6.07, 6.45) is 14.8. The molecular formula is C29H58O10. The summed E-state index contributed by atoms with van der Waals surface area (Å²) in [6, 6.07) is 0. The van der Waals surface area contributed by atoms with Crippen molar-refractivity contribution in [3.63, 3.8) is 0 Å². The van der Waals surface area contributed by atoms with Gasteiger partial charge in [-0.1, -0.05) is 71.1 Å². The first-order valence-electron chi connectivity index (χ1n) is 15.1. The van der Waals surface area contributed by atoms with Gasteiger partial charge in [-0.2, -0.15) is 0 Å². The molecule has 10 heteroatoms. The first kappa shape index (κ1) is 38.1. The van der Waals surface area contributed by atoms with E-state index in [0.717, 1.165) is 13.0 Å². The molecule has 0 spiro atoms. The molecule has 10 nitrogen and oxygen atoms in total. The van der Waals surface area contributed by atoms with Crippen LogP contribution >= 0.6 is 0 Å². The predicted octanol–water partition coefficient (Wildman–Crippen LogP) is 4.51. The number of rotatable bonds is 35. The summed E-state index contributed by atoms with van der Waals surface area (Å²) in [5.41, 5.74) is 0. The average Bonchev–Trinajstić information content (AvgIpc) is 2.93. The summed E-state index contributed by atoms with van der Waals surface area (Å²) in [4.78, 5) is 10.3. The molecule has 0 aromatic carbocycles. The highest BCUT2D eigenvalue weighted by molar-refractivity contribution is 5.67. The molecule has 0 rings (SSSR count). The van der Waals surface area contributed by atoms with Gasteiger partial charge in [0, 0.05) is 6.61 Å². The quantitative estimate of drug-likeness (QED) is 0.110. The van der Waals surface area contributed by atoms with Crippen molar-refractivity contribution in [2.75, 3.05) is 106 Å². The lowest BCUT2D eigenvalue weighted by Gasteiger charge is -2.08. The van der Waals surface area contributed by atoms with Crippen LogP contribution in [0.5, 0.6) is 0 Å². The molecule has 39 heavy (non-hydrogen) atoms. The molecule has 0 aliphatic heterocycles. The van der Waals surface area contributed by atoms with Crippen LogP contribution in [0.3, 0.4) is 0 Å². The fourth-order valence-corrected chi connectivity index (χ4v) is 3.57. The summed E-state index contributed by atoms with van der Waals surface area (Å²) in [5, 5.41) is 8.41. The van der Waals surface area contributed by atoms with E-state index in [0.29, 0.717) is 85.9 Å². The maximum absolute atomic E-state index is 10.3. The van der Waals surface area contributed by atoms with Crippen molar-refractivity contribution in [1.82, 2.24) is 0 Å². The fourth-order valence-electron chi connectivity index (χ4n) is 3.57. The Bertz CT molecular complexity index is 467. The SMILES string of the molecule is CCCCCCCCCCCCCOCCOCCOCCOCCOCCOCCOCCOCC(=O)O. The molecule has 0 atom stereocenters. The highest BCUT2D eigenvalue weighted by atomic mass is 16.6. The van der Waals surface area contributed by atoms with Gasteiger partial charge in [0.25, 0.3) is 0 Å². The molecule has 0 aromatic heterocycles. The Hall–Kier alpha value is -0.850. The van der Waals surface area contributed by atoms with Crippen molar-refractivity contribution in [3.05, 3.63) is 0 Å². The molecule has 0 saturated heterocycles. The van der Waals surface area contributed by atoms with Crippen molar-refractivity contribution >= 4 is 5.97 Å². The number of carbonyl (C=O) groups is 1.